The number of rotatable bonds is 5. The van der Waals surface area contributed by atoms with Crippen molar-refractivity contribution in [2.75, 3.05) is 26.2 Å². The summed E-state index contributed by atoms with van der Waals surface area (Å²) in [5.41, 5.74) is 2.10. The Morgan fingerprint density at radius 1 is 1.28 bits per heavy atom. The zero-order chi connectivity index (χ0) is 20.2. The number of nitrogens with zero attached hydrogens (tertiary/aromatic N) is 4. The van der Waals surface area contributed by atoms with E-state index in [2.05, 4.69) is 9.88 Å². The fourth-order valence-electron chi connectivity index (χ4n) is 4.15. The lowest BCUT2D eigenvalue weighted by Gasteiger charge is -2.35. The molecule has 0 radical (unpaired) electrons. The van der Waals surface area contributed by atoms with Crippen molar-refractivity contribution in [1.82, 2.24) is 19.8 Å². The van der Waals surface area contributed by atoms with Crippen molar-refractivity contribution in [3.8, 4) is 5.75 Å². The maximum absolute atomic E-state index is 13.8. The SMILES string of the molecule is CC(=O)N1CCc2nc(C3CCCCN3CCOc3ccccc3F)ncc2C1. The van der Waals surface area contributed by atoms with E-state index in [1.165, 1.54) is 6.07 Å². The number of piperidine rings is 1. The third-order valence-corrected chi connectivity index (χ3v) is 5.78. The van der Waals surface area contributed by atoms with Crippen molar-refractivity contribution < 1.29 is 13.9 Å². The van der Waals surface area contributed by atoms with Crippen LogP contribution in [0.3, 0.4) is 0 Å². The summed E-state index contributed by atoms with van der Waals surface area (Å²) in [6.45, 7) is 5.00. The molecule has 2 aliphatic rings. The molecule has 0 saturated carbocycles. The molecule has 1 fully saturated rings. The van der Waals surface area contributed by atoms with E-state index >= 15 is 0 Å². The molecule has 1 atom stereocenters. The highest BCUT2D eigenvalue weighted by Crippen LogP contribution is 2.30. The number of likely N-dealkylation sites (tertiary alicyclic amines) is 1. The van der Waals surface area contributed by atoms with Crippen LogP contribution in [0.15, 0.2) is 30.5 Å². The zero-order valence-electron chi connectivity index (χ0n) is 16.8. The quantitative estimate of drug-likeness (QED) is 0.775. The zero-order valence-corrected chi connectivity index (χ0v) is 16.8. The Morgan fingerprint density at radius 3 is 2.97 bits per heavy atom. The van der Waals surface area contributed by atoms with E-state index in [1.807, 2.05) is 11.1 Å². The maximum Gasteiger partial charge on any atom is 0.219 e. The topological polar surface area (TPSA) is 58.6 Å². The second-order valence-electron chi connectivity index (χ2n) is 7.72. The summed E-state index contributed by atoms with van der Waals surface area (Å²) < 4.78 is 19.4. The van der Waals surface area contributed by atoms with Crippen LogP contribution < -0.4 is 4.74 Å². The number of carbonyl (C=O) groups excluding carboxylic acids is 1. The van der Waals surface area contributed by atoms with E-state index < -0.39 is 0 Å². The minimum atomic E-state index is -0.333. The smallest absolute Gasteiger partial charge is 0.219 e. The summed E-state index contributed by atoms with van der Waals surface area (Å²) in [5.74, 6) is 0.903. The van der Waals surface area contributed by atoms with Gasteiger partial charge in [0.1, 0.15) is 12.4 Å². The number of para-hydroxylation sites is 1. The number of amides is 1. The predicted octanol–water partition coefficient (Wildman–Crippen LogP) is 3.13. The number of hydrogen-bond donors (Lipinski definition) is 0. The minimum Gasteiger partial charge on any atom is -0.489 e. The molecule has 0 N–H and O–H groups in total. The third kappa shape index (κ3) is 4.56. The van der Waals surface area contributed by atoms with Crippen molar-refractivity contribution in [2.45, 2.75) is 45.2 Å². The molecule has 6 nitrogen and oxygen atoms in total. The normalized spacial score (nSPS) is 19.7. The van der Waals surface area contributed by atoms with E-state index in [0.717, 1.165) is 49.3 Å². The van der Waals surface area contributed by atoms with Gasteiger partial charge in [0.05, 0.1) is 11.7 Å². The molecule has 7 heteroatoms. The van der Waals surface area contributed by atoms with E-state index in [-0.39, 0.29) is 17.8 Å². The summed E-state index contributed by atoms with van der Waals surface area (Å²) >= 11 is 0. The number of fused-ring (bicyclic) bond motifs is 1. The van der Waals surface area contributed by atoms with Crippen LogP contribution in [0.25, 0.3) is 0 Å². The number of aromatic nitrogens is 2. The molecular formula is C22H27FN4O2. The van der Waals surface area contributed by atoms with Gasteiger partial charge in [0.2, 0.25) is 5.91 Å². The third-order valence-electron chi connectivity index (χ3n) is 5.78. The molecule has 1 unspecified atom stereocenters. The minimum absolute atomic E-state index is 0.0908. The Morgan fingerprint density at radius 2 is 2.14 bits per heavy atom. The lowest BCUT2D eigenvalue weighted by molar-refractivity contribution is -0.129. The van der Waals surface area contributed by atoms with Crippen molar-refractivity contribution >= 4 is 5.91 Å². The molecule has 2 aliphatic heterocycles. The average Bonchev–Trinajstić information content (AvgIpc) is 2.74. The molecule has 1 aromatic heterocycles. The molecule has 1 saturated heterocycles. The number of ether oxygens (including phenoxy) is 1. The molecule has 1 amide bonds. The average molecular weight is 398 g/mol. The summed E-state index contributed by atoms with van der Waals surface area (Å²) in [7, 11) is 0. The number of halogens is 1. The van der Waals surface area contributed by atoms with Crippen molar-refractivity contribution in [2.24, 2.45) is 0 Å². The molecule has 0 aliphatic carbocycles. The van der Waals surface area contributed by atoms with Crippen LogP contribution in [0, 0.1) is 5.82 Å². The van der Waals surface area contributed by atoms with Gasteiger partial charge >= 0.3 is 0 Å². The van der Waals surface area contributed by atoms with E-state index in [1.54, 1.807) is 25.1 Å². The number of benzene rings is 1. The molecule has 29 heavy (non-hydrogen) atoms. The van der Waals surface area contributed by atoms with Crippen LogP contribution >= 0.6 is 0 Å². The van der Waals surface area contributed by atoms with Crippen LogP contribution in [-0.4, -0.2) is 51.9 Å². The summed E-state index contributed by atoms with van der Waals surface area (Å²) in [6, 6.07) is 6.65. The van der Waals surface area contributed by atoms with Gasteiger partial charge in [-0.05, 0) is 31.5 Å². The van der Waals surface area contributed by atoms with Crippen molar-refractivity contribution in [3.63, 3.8) is 0 Å². The van der Waals surface area contributed by atoms with Gasteiger partial charge in [-0.2, -0.15) is 0 Å². The first-order valence-corrected chi connectivity index (χ1v) is 10.3. The highest BCUT2D eigenvalue weighted by atomic mass is 19.1. The van der Waals surface area contributed by atoms with Gasteiger partial charge in [0.25, 0.3) is 0 Å². The van der Waals surface area contributed by atoms with Crippen LogP contribution in [0.2, 0.25) is 0 Å². The van der Waals surface area contributed by atoms with Crippen LogP contribution in [0.5, 0.6) is 5.75 Å². The van der Waals surface area contributed by atoms with Gasteiger partial charge < -0.3 is 9.64 Å². The predicted molar refractivity (Wildman–Crippen MR) is 107 cm³/mol. The van der Waals surface area contributed by atoms with E-state index in [9.17, 15) is 9.18 Å². The van der Waals surface area contributed by atoms with Gasteiger partial charge in [-0.15, -0.1) is 0 Å². The molecule has 2 aromatic rings. The second kappa shape index (κ2) is 8.86. The van der Waals surface area contributed by atoms with Gasteiger partial charge in [0, 0.05) is 44.7 Å². The lowest BCUT2D eigenvalue weighted by atomic mass is 10.0. The van der Waals surface area contributed by atoms with Crippen molar-refractivity contribution in [3.05, 3.63) is 53.4 Å². The second-order valence-corrected chi connectivity index (χ2v) is 7.72. The van der Waals surface area contributed by atoms with Crippen LogP contribution in [0.1, 0.15) is 49.3 Å². The maximum atomic E-state index is 13.8. The summed E-state index contributed by atoms with van der Waals surface area (Å²) in [6.07, 6.45) is 5.95. The Labute approximate surface area is 170 Å². The van der Waals surface area contributed by atoms with Crippen LogP contribution in [-0.2, 0) is 17.8 Å². The fourth-order valence-corrected chi connectivity index (χ4v) is 4.15. The molecule has 4 rings (SSSR count). The number of carbonyl (C=O) groups is 1. The molecule has 0 spiro atoms. The first kappa shape index (κ1) is 19.8. The molecular weight excluding hydrogens is 371 g/mol. The first-order valence-electron chi connectivity index (χ1n) is 10.3. The Bertz CT molecular complexity index is 876. The van der Waals surface area contributed by atoms with Gasteiger partial charge in [0.15, 0.2) is 11.6 Å². The summed E-state index contributed by atoms with van der Waals surface area (Å²) in [5, 5.41) is 0. The Balaban J connectivity index is 1.42. The monoisotopic (exact) mass is 398 g/mol. The summed E-state index contributed by atoms with van der Waals surface area (Å²) in [4.78, 5) is 25.3. The standard InChI is InChI=1S/C22H27FN4O2/c1-16(28)27-11-9-19-17(15-27)14-24-22(25-19)20-7-4-5-10-26(20)12-13-29-21-8-3-2-6-18(21)23/h2-3,6,8,14,20H,4-5,7,9-13,15H2,1H3. The first-order chi connectivity index (χ1) is 14.1. The molecule has 0 bridgehead atoms. The fraction of sp³-hybridized carbons (Fsp3) is 0.500. The largest absolute Gasteiger partial charge is 0.489 e. The van der Waals surface area contributed by atoms with Crippen molar-refractivity contribution in [1.29, 1.82) is 0 Å². The molecule has 1 aromatic carbocycles. The highest BCUT2D eigenvalue weighted by Gasteiger charge is 2.28. The molecule has 154 valence electrons. The van der Waals surface area contributed by atoms with Crippen LogP contribution in [0.4, 0.5) is 4.39 Å². The van der Waals surface area contributed by atoms with E-state index in [4.69, 9.17) is 9.72 Å². The number of hydrogen-bond acceptors (Lipinski definition) is 5. The highest BCUT2D eigenvalue weighted by molar-refractivity contribution is 5.73. The van der Waals surface area contributed by atoms with Gasteiger partial charge in [-0.25, -0.2) is 14.4 Å². The Kier molecular flexibility index (Phi) is 6.04. The molecule has 3 heterocycles. The lowest BCUT2D eigenvalue weighted by Crippen LogP contribution is -2.38. The van der Waals surface area contributed by atoms with E-state index in [0.29, 0.717) is 32.0 Å². The Hall–Kier alpha value is -2.54. The van der Waals surface area contributed by atoms with Gasteiger partial charge in [-0.3, -0.25) is 9.69 Å². The van der Waals surface area contributed by atoms with Gasteiger partial charge in [-0.1, -0.05) is 18.6 Å².